The van der Waals surface area contributed by atoms with E-state index in [1.807, 2.05) is 6.08 Å². The molecule has 3 saturated carbocycles. The van der Waals surface area contributed by atoms with Crippen LogP contribution in [0.15, 0.2) is 23.8 Å². The lowest BCUT2D eigenvalue weighted by Gasteiger charge is -2.30. The van der Waals surface area contributed by atoms with Gasteiger partial charge in [0, 0.05) is 18.7 Å². The molecule has 0 aromatic carbocycles. The molecule has 5 unspecified atom stereocenters. The van der Waals surface area contributed by atoms with Gasteiger partial charge in [-0.15, -0.1) is 0 Å². The first-order valence-corrected chi connectivity index (χ1v) is 12.6. The summed E-state index contributed by atoms with van der Waals surface area (Å²) in [6.45, 7) is 1.43. The van der Waals surface area contributed by atoms with E-state index in [-0.39, 0.29) is 12.0 Å². The van der Waals surface area contributed by atoms with E-state index < -0.39 is 13.0 Å². The van der Waals surface area contributed by atoms with Crippen molar-refractivity contribution in [2.45, 2.75) is 75.9 Å². The topological polar surface area (TPSA) is 77.8 Å². The van der Waals surface area contributed by atoms with Crippen LogP contribution in [-0.2, 0) is 4.57 Å². The maximum absolute atomic E-state index is 11.4. The van der Waals surface area contributed by atoms with Gasteiger partial charge in [-0.05, 0) is 56.8 Å². The van der Waals surface area contributed by atoms with Crippen molar-refractivity contribution in [3.63, 3.8) is 0 Å². The fourth-order valence-electron chi connectivity index (χ4n) is 5.25. The van der Waals surface area contributed by atoms with Gasteiger partial charge in [0.2, 0.25) is 0 Å². The van der Waals surface area contributed by atoms with Crippen molar-refractivity contribution < 1.29 is 19.7 Å². The molecule has 3 aliphatic rings. The lowest BCUT2D eigenvalue weighted by molar-refractivity contribution is 0.0498. The Morgan fingerprint density at radius 1 is 1.23 bits per heavy atom. The highest BCUT2D eigenvalue weighted by Gasteiger charge is 2.45. The Kier molecular flexibility index (Phi) is 6.49. The van der Waals surface area contributed by atoms with Crippen molar-refractivity contribution in [1.82, 2.24) is 0 Å². The summed E-state index contributed by atoms with van der Waals surface area (Å²) in [7, 11) is -2.89. The average Bonchev–Trinajstić information content (AvgIpc) is 3.06. The van der Waals surface area contributed by atoms with Gasteiger partial charge in [0.15, 0.2) is 7.37 Å². The van der Waals surface area contributed by atoms with Gasteiger partial charge in [-0.2, -0.15) is 0 Å². The monoisotopic (exact) mass is 382 g/mol. The quantitative estimate of drug-likeness (QED) is 0.365. The van der Waals surface area contributed by atoms with Crippen molar-refractivity contribution in [2.24, 2.45) is 17.8 Å². The molecule has 0 spiro atoms. The Bertz CT molecular complexity index is 585. The van der Waals surface area contributed by atoms with E-state index in [0.29, 0.717) is 18.0 Å². The third kappa shape index (κ3) is 5.32. The van der Waals surface area contributed by atoms with Crippen LogP contribution in [0.2, 0.25) is 0 Å². The van der Waals surface area contributed by atoms with Crippen LogP contribution in [0, 0.1) is 17.8 Å². The van der Waals surface area contributed by atoms with Crippen molar-refractivity contribution >= 4 is 7.37 Å². The number of allylic oxidation sites excluding steroid dienone is 2. The first kappa shape index (κ1) is 20.3. The molecule has 0 aliphatic heterocycles. The first-order valence-electron chi connectivity index (χ1n) is 10.3. The molecule has 26 heavy (non-hydrogen) atoms. The molecule has 0 saturated heterocycles. The molecule has 0 bridgehead atoms. The maximum atomic E-state index is 11.4. The van der Waals surface area contributed by atoms with Gasteiger partial charge in [0.25, 0.3) is 0 Å². The molecule has 5 heteroatoms. The third-order valence-corrected chi connectivity index (χ3v) is 7.81. The molecule has 0 aromatic rings. The van der Waals surface area contributed by atoms with E-state index in [1.165, 1.54) is 18.7 Å². The van der Waals surface area contributed by atoms with E-state index in [9.17, 15) is 19.7 Å². The Labute approximate surface area is 157 Å². The predicted octanol–water partition coefficient (Wildman–Crippen LogP) is 4.25. The van der Waals surface area contributed by atoms with Gasteiger partial charge in [0.05, 0.1) is 11.7 Å². The summed E-state index contributed by atoms with van der Waals surface area (Å²) in [4.78, 5) is 9.37. The van der Waals surface area contributed by atoms with E-state index in [1.54, 1.807) is 0 Å². The number of hydrogen-bond donors (Lipinski definition) is 3. The van der Waals surface area contributed by atoms with Crippen LogP contribution in [0.3, 0.4) is 0 Å². The summed E-state index contributed by atoms with van der Waals surface area (Å²) in [5.74, 6) is 1.18. The van der Waals surface area contributed by atoms with Crippen molar-refractivity contribution in [3.05, 3.63) is 23.8 Å². The van der Waals surface area contributed by atoms with Crippen LogP contribution in [0.1, 0.15) is 64.2 Å². The lowest BCUT2D eigenvalue weighted by Crippen LogP contribution is -2.29. The van der Waals surface area contributed by atoms with Gasteiger partial charge in [-0.3, -0.25) is 4.57 Å². The minimum Gasteiger partial charge on any atom is -0.392 e. The van der Waals surface area contributed by atoms with Gasteiger partial charge in [-0.1, -0.05) is 43.1 Å². The molecule has 4 nitrogen and oxygen atoms in total. The number of unbranched alkanes of at least 4 members (excludes halogenated alkanes) is 1. The van der Waals surface area contributed by atoms with Crippen molar-refractivity contribution in [2.75, 3.05) is 12.8 Å². The normalized spacial score (nSPS) is 37.9. The standard InChI is InChI=1S/C21H35O4P/c1-26(24,25)12-6-3-7-16-13-17-15-20(22)18(19(17)14-16)8-11-21(23)9-4-2-5-10-21/h7-8,11,17-20,22-23H,2-6,9-10,12-15H2,1H3,(H,24,25). The maximum Gasteiger partial charge on any atom is 0.197 e. The molecule has 0 radical (unpaired) electrons. The van der Waals surface area contributed by atoms with Crippen LogP contribution in [-0.4, -0.2) is 39.6 Å². The molecule has 3 fully saturated rings. The van der Waals surface area contributed by atoms with E-state index in [2.05, 4.69) is 12.2 Å². The summed E-state index contributed by atoms with van der Waals surface area (Å²) >= 11 is 0. The zero-order chi connectivity index (χ0) is 18.8. The van der Waals surface area contributed by atoms with E-state index in [0.717, 1.165) is 57.8 Å². The fraction of sp³-hybridized carbons (Fsp3) is 0.810. The number of hydrogen-bond acceptors (Lipinski definition) is 3. The summed E-state index contributed by atoms with van der Waals surface area (Å²) in [6.07, 6.45) is 16.1. The molecule has 3 aliphatic carbocycles. The Balaban J connectivity index is 1.55. The summed E-state index contributed by atoms with van der Waals surface area (Å²) in [5, 5.41) is 21.2. The molecule has 0 aromatic heterocycles. The summed E-state index contributed by atoms with van der Waals surface area (Å²) < 4.78 is 11.4. The van der Waals surface area contributed by atoms with E-state index >= 15 is 0 Å². The molecular weight excluding hydrogens is 347 g/mol. The highest BCUT2D eigenvalue weighted by molar-refractivity contribution is 7.57. The molecule has 3 N–H and O–H groups in total. The smallest absolute Gasteiger partial charge is 0.197 e. The highest BCUT2D eigenvalue weighted by Crippen LogP contribution is 2.51. The zero-order valence-electron chi connectivity index (χ0n) is 16.0. The van der Waals surface area contributed by atoms with Gasteiger partial charge in [-0.25, -0.2) is 0 Å². The summed E-state index contributed by atoms with van der Waals surface area (Å²) in [5.41, 5.74) is 0.789. The van der Waals surface area contributed by atoms with Crippen LogP contribution < -0.4 is 0 Å². The van der Waals surface area contributed by atoms with Gasteiger partial charge in [0.1, 0.15) is 0 Å². The molecule has 0 amide bonds. The van der Waals surface area contributed by atoms with E-state index in [4.69, 9.17) is 0 Å². The van der Waals surface area contributed by atoms with Crippen LogP contribution in [0.25, 0.3) is 0 Å². The number of aliphatic hydroxyl groups is 2. The lowest BCUT2D eigenvalue weighted by atomic mass is 9.82. The summed E-state index contributed by atoms with van der Waals surface area (Å²) in [6, 6.07) is 0. The average molecular weight is 382 g/mol. The number of rotatable bonds is 6. The zero-order valence-corrected chi connectivity index (χ0v) is 16.9. The SMILES string of the molecule is CP(=O)(O)CCCC=C1CC2CC(O)C(C=CC3(O)CCCCC3)C2C1. The number of fused-ring (bicyclic) bond motifs is 1. The second-order valence-electron chi connectivity index (χ2n) is 9.02. The van der Waals surface area contributed by atoms with Gasteiger partial charge < -0.3 is 15.1 Å². The Morgan fingerprint density at radius 2 is 1.96 bits per heavy atom. The molecule has 3 rings (SSSR count). The first-order chi connectivity index (χ1) is 12.3. The van der Waals surface area contributed by atoms with Crippen LogP contribution >= 0.6 is 7.37 Å². The predicted molar refractivity (Wildman–Crippen MR) is 105 cm³/mol. The Hall–Kier alpha value is -0.410. The third-order valence-electron chi connectivity index (χ3n) is 6.67. The minimum absolute atomic E-state index is 0.158. The van der Waals surface area contributed by atoms with Crippen molar-refractivity contribution in [1.29, 1.82) is 0 Å². The number of aliphatic hydroxyl groups excluding tert-OH is 1. The fourth-order valence-corrected chi connectivity index (χ4v) is 6.02. The second-order valence-corrected chi connectivity index (χ2v) is 11.6. The van der Waals surface area contributed by atoms with Crippen LogP contribution in [0.4, 0.5) is 0 Å². The minimum atomic E-state index is -2.89. The Morgan fingerprint density at radius 3 is 2.65 bits per heavy atom. The van der Waals surface area contributed by atoms with Gasteiger partial charge >= 0.3 is 0 Å². The van der Waals surface area contributed by atoms with Crippen molar-refractivity contribution in [3.8, 4) is 0 Å². The molecular formula is C21H35O4P. The second kappa shape index (κ2) is 8.31. The molecule has 5 atom stereocenters. The molecule has 0 heterocycles. The molecule has 148 valence electrons. The highest BCUT2D eigenvalue weighted by atomic mass is 31.2. The van der Waals surface area contributed by atoms with Crippen LogP contribution in [0.5, 0.6) is 0 Å². The largest absolute Gasteiger partial charge is 0.392 e.